The number of cyclic esters (lactones) is 1. The average molecular weight is 245 g/mol. The van der Waals surface area contributed by atoms with Crippen molar-refractivity contribution in [1.82, 2.24) is 5.32 Å². The molecule has 1 fully saturated rings. The lowest BCUT2D eigenvalue weighted by atomic mass is 10.1. The Bertz CT molecular complexity index is 451. The van der Waals surface area contributed by atoms with Gasteiger partial charge in [-0.15, -0.1) is 0 Å². The van der Waals surface area contributed by atoms with E-state index in [-0.39, 0.29) is 5.97 Å². The molecule has 1 atom stereocenters. The van der Waals surface area contributed by atoms with Gasteiger partial charge in [-0.3, -0.25) is 0 Å². The standard InChI is InChI=1S/C15H19NO2/c1-11(10-13-6-4-3-5-7-13)16-12(2)14-8-9-18-15(14)17/h3-7,11,16H,8-10H2,1-2H3/b14-12-. The Kier molecular flexibility index (Phi) is 4.03. The zero-order valence-electron chi connectivity index (χ0n) is 10.9. The first kappa shape index (κ1) is 12.7. The molecule has 0 amide bonds. The highest BCUT2D eigenvalue weighted by Crippen LogP contribution is 2.16. The lowest BCUT2D eigenvalue weighted by Crippen LogP contribution is -2.27. The van der Waals surface area contributed by atoms with Gasteiger partial charge in [0.15, 0.2) is 0 Å². The summed E-state index contributed by atoms with van der Waals surface area (Å²) in [6.45, 7) is 4.58. The van der Waals surface area contributed by atoms with Crippen LogP contribution in [0, 0.1) is 0 Å². The van der Waals surface area contributed by atoms with Crippen LogP contribution in [0.2, 0.25) is 0 Å². The quantitative estimate of drug-likeness (QED) is 0.654. The predicted octanol–water partition coefficient (Wildman–Crippen LogP) is 2.43. The maximum Gasteiger partial charge on any atom is 0.335 e. The number of allylic oxidation sites excluding steroid dienone is 1. The molecular formula is C15H19NO2. The third-order valence-electron chi connectivity index (χ3n) is 3.13. The van der Waals surface area contributed by atoms with Gasteiger partial charge in [-0.25, -0.2) is 4.79 Å². The van der Waals surface area contributed by atoms with Gasteiger partial charge in [0.2, 0.25) is 0 Å². The Labute approximate surface area is 108 Å². The van der Waals surface area contributed by atoms with Crippen LogP contribution in [0.25, 0.3) is 0 Å². The molecule has 18 heavy (non-hydrogen) atoms. The van der Waals surface area contributed by atoms with E-state index in [4.69, 9.17) is 4.74 Å². The number of esters is 1. The number of carbonyl (C=O) groups excluding carboxylic acids is 1. The van der Waals surface area contributed by atoms with Crippen LogP contribution in [0.1, 0.15) is 25.8 Å². The minimum Gasteiger partial charge on any atom is -0.462 e. The van der Waals surface area contributed by atoms with Crippen molar-refractivity contribution in [2.75, 3.05) is 6.61 Å². The predicted molar refractivity (Wildman–Crippen MR) is 71.0 cm³/mol. The smallest absolute Gasteiger partial charge is 0.335 e. The molecule has 3 heteroatoms. The highest BCUT2D eigenvalue weighted by Gasteiger charge is 2.21. The van der Waals surface area contributed by atoms with E-state index in [0.29, 0.717) is 12.6 Å². The van der Waals surface area contributed by atoms with E-state index in [1.54, 1.807) is 0 Å². The van der Waals surface area contributed by atoms with Gasteiger partial charge in [0.25, 0.3) is 0 Å². The molecule has 1 aromatic rings. The summed E-state index contributed by atoms with van der Waals surface area (Å²) in [5.74, 6) is -0.174. The van der Waals surface area contributed by atoms with E-state index in [9.17, 15) is 4.79 Å². The normalized spacial score (nSPS) is 19.3. The van der Waals surface area contributed by atoms with E-state index in [1.165, 1.54) is 5.56 Å². The van der Waals surface area contributed by atoms with Crippen molar-refractivity contribution in [2.24, 2.45) is 0 Å². The number of nitrogens with one attached hydrogen (secondary N) is 1. The van der Waals surface area contributed by atoms with Crippen LogP contribution >= 0.6 is 0 Å². The van der Waals surface area contributed by atoms with Crippen molar-refractivity contribution in [3.05, 3.63) is 47.2 Å². The number of ether oxygens (including phenoxy) is 1. The minimum absolute atomic E-state index is 0.174. The lowest BCUT2D eigenvalue weighted by Gasteiger charge is -2.16. The number of hydrogen-bond donors (Lipinski definition) is 1. The summed E-state index contributed by atoms with van der Waals surface area (Å²) in [4.78, 5) is 11.4. The van der Waals surface area contributed by atoms with Crippen LogP contribution in [0.4, 0.5) is 0 Å². The van der Waals surface area contributed by atoms with Gasteiger partial charge in [0.1, 0.15) is 0 Å². The third kappa shape index (κ3) is 3.13. The van der Waals surface area contributed by atoms with Crippen LogP contribution < -0.4 is 5.32 Å². The Hall–Kier alpha value is -1.77. The van der Waals surface area contributed by atoms with Crippen LogP contribution in [-0.2, 0) is 16.0 Å². The van der Waals surface area contributed by atoms with Gasteiger partial charge in [-0.2, -0.15) is 0 Å². The van der Waals surface area contributed by atoms with Gasteiger partial charge in [0, 0.05) is 18.2 Å². The fourth-order valence-corrected chi connectivity index (χ4v) is 2.25. The van der Waals surface area contributed by atoms with E-state index in [1.807, 2.05) is 25.1 Å². The maximum atomic E-state index is 11.4. The molecule has 1 aliphatic rings. The first-order chi connectivity index (χ1) is 8.66. The van der Waals surface area contributed by atoms with Gasteiger partial charge in [-0.1, -0.05) is 30.3 Å². The monoisotopic (exact) mass is 245 g/mol. The summed E-state index contributed by atoms with van der Waals surface area (Å²) in [5.41, 5.74) is 3.03. The Morgan fingerprint density at radius 2 is 2.11 bits per heavy atom. The van der Waals surface area contributed by atoms with Crippen LogP contribution in [0.3, 0.4) is 0 Å². The van der Waals surface area contributed by atoms with E-state index < -0.39 is 0 Å². The third-order valence-corrected chi connectivity index (χ3v) is 3.13. The summed E-state index contributed by atoms with van der Waals surface area (Å²) in [5, 5.41) is 3.38. The SMILES string of the molecule is C/C(NC(C)Cc1ccccc1)=C1\CCOC1=O. The summed E-state index contributed by atoms with van der Waals surface area (Å²) >= 11 is 0. The molecule has 1 N–H and O–H groups in total. The topological polar surface area (TPSA) is 38.3 Å². The average Bonchev–Trinajstić information content (AvgIpc) is 2.76. The largest absolute Gasteiger partial charge is 0.462 e. The molecule has 1 aliphatic heterocycles. The van der Waals surface area contributed by atoms with Crippen molar-refractivity contribution in [3.63, 3.8) is 0 Å². The Morgan fingerprint density at radius 3 is 2.72 bits per heavy atom. The first-order valence-electron chi connectivity index (χ1n) is 6.34. The zero-order valence-corrected chi connectivity index (χ0v) is 10.9. The fraction of sp³-hybridized carbons (Fsp3) is 0.400. The summed E-state index contributed by atoms with van der Waals surface area (Å²) in [6, 6.07) is 10.6. The number of carbonyl (C=O) groups is 1. The molecule has 3 nitrogen and oxygen atoms in total. The van der Waals surface area contributed by atoms with Crippen molar-refractivity contribution in [2.45, 2.75) is 32.7 Å². The minimum atomic E-state index is -0.174. The van der Waals surface area contributed by atoms with Crippen LogP contribution in [0.15, 0.2) is 41.6 Å². The molecule has 0 aliphatic carbocycles. The van der Waals surface area contributed by atoms with Crippen LogP contribution in [-0.4, -0.2) is 18.6 Å². The second-order valence-electron chi connectivity index (χ2n) is 4.72. The number of benzene rings is 1. The summed E-state index contributed by atoms with van der Waals surface area (Å²) < 4.78 is 4.95. The fourth-order valence-electron chi connectivity index (χ4n) is 2.25. The van der Waals surface area contributed by atoms with Crippen molar-refractivity contribution in [3.8, 4) is 0 Å². The summed E-state index contributed by atoms with van der Waals surface area (Å²) in [7, 11) is 0. The molecule has 1 saturated heterocycles. The zero-order chi connectivity index (χ0) is 13.0. The van der Waals surface area contributed by atoms with Crippen molar-refractivity contribution >= 4 is 5.97 Å². The second-order valence-corrected chi connectivity index (χ2v) is 4.72. The van der Waals surface area contributed by atoms with E-state index >= 15 is 0 Å². The highest BCUT2D eigenvalue weighted by molar-refractivity contribution is 5.90. The number of hydrogen-bond acceptors (Lipinski definition) is 3. The second kappa shape index (κ2) is 5.71. The van der Waals surface area contributed by atoms with Gasteiger partial charge in [-0.05, 0) is 25.8 Å². The Balaban J connectivity index is 1.95. The molecule has 2 rings (SSSR count). The first-order valence-corrected chi connectivity index (χ1v) is 6.34. The van der Waals surface area contributed by atoms with Gasteiger partial charge < -0.3 is 10.1 Å². The molecule has 1 unspecified atom stereocenters. The van der Waals surface area contributed by atoms with Crippen molar-refractivity contribution < 1.29 is 9.53 Å². The van der Waals surface area contributed by atoms with Crippen LogP contribution in [0.5, 0.6) is 0 Å². The Morgan fingerprint density at radius 1 is 1.39 bits per heavy atom. The van der Waals surface area contributed by atoms with Gasteiger partial charge in [0.05, 0.1) is 12.2 Å². The molecule has 96 valence electrons. The molecule has 0 spiro atoms. The van der Waals surface area contributed by atoms with E-state index in [2.05, 4.69) is 24.4 Å². The molecular weight excluding hydrogens is 226 g/mol. The number of rotatable bonds is 4. The molecule has 0 radical (unpaired) electrons. The highest BCUT2D eigenvalue weighted by atomic mass is 16.5. The van der Waals surface area contributed by atoms with E-state index in [0.717, 1.165) is 24.1 Å². The molecule has 1 heterocycles. The summed E-state index contributed by atoms with van der Waals surface area (Å²) in [6.07, 6.45) is 1.66. The van der Waals surface area contributed by atoms with Crippen molar-refractivity contribution in [1.29, 1.82) is 0 Å². The molecule has 0 bridgehead atoms. The maximum absolute atomic E-state index is 11.4. The molecule has 1 aromatic carbocycles. The van der Waals surface area contributed by atoms with Gasteiger partial charge >= 0.3 is 5.97 Å². The molecule has 0 saturated carbocycles. The molecule has 0 aromatic heterocycles. The lowest BCUT2D eigenvalue weighted by molar-refractivity contribution is -0.135.